The molecule has 2 aliphatic heterocycles. The van der Waals surface area contributed by atoms with Crippen LogP contribution < -0.4 is 10.2 Å². The van der Waals surface area contributed by atoms with Crippen LogP contribution in [0.5, 0.6) is 0 Å². The van der Waals surface area contributed by atoms with Crippen molar-refractivity contribution >= 4 is 23.4 Å². The molecule has 0 aliphatic carbocycles. The van der Waals surface area contributed by atoms with Gasteiger partial charge in [-0.05, 0) is 24.7 Å². The number of halogens is 1. The van der Waals surface area contributed by atoms with Gasteiger partial charge >= 0.3 is 6.09 Å². The number of nitrogens with zero attached hydrogens (tertiary/aromatic N) is 1. The quantitative estimate of drug-likeness (QED) is 0.832. The van der Waals surface area contributed by atoms with Crippen LogP contribution in [0.15, 0.2) is 24.3 Å². The molecule has 0 radical (unpaired) electrons. The topological polar surface area (TPSA) is 41.6 Å². The Kier molecular flexibility index (Phi) is 2.49. The van der Waals surface area contributed by atoms with Crippen molar-refractivity contribution in [1.29, 1.82) is 0 Å². The SMILES string of the molecule is O=C1OC2(CCNC2)CN1c1cccc(Cl)c1. The van der Waals surface area contributed by atoms with Gasteiger partial charge in [0, 0.05) is 23.7 Å². The van der Waals surface area contributed by atoms with Crippen LogP contribution in [0.4, 0.5) is 10.5 Å². The maximum atomic E-state index is 11.9. The van der Waals surface area contributed by atoms with Gasteiger partial charge in [0.05, 0.1) is 6.54 Å². The number of hydrogen-bond acceptors (Lipinski definition) is 3. The van der Waals surface area contributed by atoms with Crippen molar-refractivity contribution < 1.29 is 9.53 Å². The third kappa shape index (κ3) is 1.87. The fourth-order valence-electron chi connectivity index (χ4n) is 2.41. The summed E-state index contributed by atoms with van der Waals surface area (Å²) in [7, 11) is 0. The van der Waals surface area contributed by atoms with Gasteiger partial charge in [0.2, 0.25) is 0 Å². The Morgan fingerprint density at radius 2 is 2.35 bits per heavy atom. The Balaban J connectivity index is 1.87. The summed E-state index contributed by atoms with van der Waals surface area (Å²) in [4.78, 5) is 13.5. The van der Waals surface area contributed by atoms with Crippen molar-refractivity contribution in [3.8, 4) is 0 Å². The Morgan fingerprint density at radius 3 is 3.06 bits per heavy atom. The molecule has 1 amide bonds. The zero-order chi connectivity index (χ0) is 11.9. The molecular formula is C12H13ClN2O2. The van der Waals surface area contributed by atoms with E-state index in [-0.39, 0.29) is 11.7 Å². The summed E-state index contributed by atoms with van der Waals surface area (Å²) in [5, 5.41) is 3.85. The summed E-state index contributed by atoms with van der Waals surface area (Å²) >= 11 is 5.93. The molecule has 1 atom stereocenters. The third-order valence-corrected chi connectivity index (χ3v) is 3.53. The van der Waals surface area contributed by atoms with Gasteiger partial charge in [-0.3, -0.25) is 4.90 Å². The highest BCUT2D eigenvalue weighted by Gasteiger charge is 2.47. The van der Waals surface area contributed by atoms with Crippen LogP contribution in [-0.2, 0) is 4.74 Å². The zero-order valence-electron chi connectivity index (χ0n) is 9.28. The minimum atomic E-state index is -0.348. The van der Waals surface area contributed by atoms with Crippen LogP contribution in [0.25, 0.3) is 0 Å². The largest absolute Gasteiger partial charge is 0.439 e. The molecule has 0 aromatic heterocycles. The van der Waals surface area contributed by atoms with Crippen LogP contribution in [-0.4, -0.2) is 31.3 Å². The predicted octanol–water partition coefficient (Wildman–Crippen LogP) is 2.03. The Morgan fingerprint density at radius 1 is 1.47 bits per heavy atom. The second-order valence-electron chi connectivity index (χ2n) is 4.54. The first kappa shape index (κ1) is 10.9. The summed E-state index contributed by atoms with van der Waals surface area (Å²) in [6.07, 6.45) is 0.589. The lowest BCUT2D eigenvalue weighted by molar-refractivity contribution is 0.0733. The molecule has 3 rings (SSSR count). The number of ether oxygens (including phenoxy) is 1. The number of amides is 1. The molecule has 1 unspecified atom stereocenters. The maximum Gasteiger partial charge on any atom is 0.415 e. The van der Waals surface area contributed by atoms with Crippen LogP contribution >= 0.6 is 11.6 Å². The highest BCUT2D eigenvalue weighted by molar-refractivity contribution is 6.30. The van der Waals surface area contributed by atoms with E-state index in [1.54, 1.807) is 17.0 Å². The number of anilines is 1. The fourth-order valence-corrected chi connectivity index (χ4v) is 2.59. The molecule has 1 aromatic carbocycles. The van der Waals surface area contributed by atoms with Crippen LogP contribution in [0.2, 0.25) is 5.02 Å². The van der Waals surface area contributed by atoms with Crippen molar-refractivity contribution in [2.45, 2.75) is 12.0 Å². The van der Waals surface area contributed by atoms with E-state index in [4.69, 9.17) is 16.3 Å². The zero-order valence-corrected chi connectivity index (χ0v) is 10.0. The average Bonchev–Trinajstić information content (AvgIpc) is 2.87. The first-order valence-electron chi connectivity index (χ1n) is 5.65. The van der Waals surface area contributed by atoms with Crippen molar-refractivity contribution in [2.75, 3.05) is 24.5 Å². The Hall–Kier alpha value is -1.26. The van der Waals surface area contributed by atoms with E-state index in [0.29, 0.717) is 11.6 Å². The van der Waals surface area contributed by atoms with Crippen LogP contribution in [0, 0.1) is 0 Å². The second-order valence-corrected chi connectivity index (χ2v) is 4.98. The average molecular weight is 253 g/mol. The van der Waals surface area contributed by atoms with Gasteiger partial charge < -0.3 is 10.1 Å². The predicted molar refractivity (Wildman–Crippen MR) is 65.5 cm³/mol. The standard InChI is InChI=1S/C12H13ClN2O2/c13-9-2-1-3-10(6-9)15-8-12(17-11(15)16)4-5-14-7-12/h1-3,6,14H,4-5,7-8H2. The van der Waals surface area contributed by atoms with Gasteiger partial charge in [0.25, 0.3) is 0 Å². The minimum Gasteiger partial charge on any atom is -0.439 e. The molecule has 90 valence electrons. The van der Waals surface area contributed by atoms with Crippen LogP contribution in [0.1, 0.15) is 6.42 Å². The molecule has 1 spiro atoms. The number of benzene rings is 1. The third-order valence-electron chi connectivity index (χ3n) is 3.29. The number of nitrogens with one attached hydrogen (secondary N) is 1. The smallest absolute Gasteiger partial charge is 0.415 e. The first-order chi connectivity index (χ1) is 8.19. The molecule has 0 saturated carbocycles. The Bertz CT molecular complexity index is 458. The molecule has 0 bridgehead atoms. The normalized spacial score (nSPS) is 27.8. The highest BCUT2D eigenvalue weighted by atomic mass is 35.5. The summed E-state index contributed by atoms with van der Waals surface area (Å²) < 4.78 is 5.50. The monoisotopic (exact) mass is 252 g/mol. The molecule has 1 aromatic rings. The van der Waals surface area contributed by atoms with Crippen molar-refractivity contribution in [3.63, 3.8) is 0 Å². The van der Waals surface area contributed by atoms with E-state index in [1.807, 2.05) is 12.1 Å². The summed E-state index contributed by atoms with van der Waals surface area (Å²) in [5.74, 6) is 0. The van der Waals surface area contributed by atoms with Gasteiger partial charge in [-0.1, -0.05) is 17.7 Å². The first-order valence-corrected chi connectivity index (χ1v) is 6.03. The minimum absolute atomic E-state index is 0.282. The second kappa shape index (κ2) is 3.89. The van der Waals surface area contributed by atoms with Crippen molar-refractivity contribution in [2.24, 2.45) is 0 Å². The van der Waals surface area contributed by atoms with Gasteiger partial charge in [-0.15, -0.1) is 0 Å². The molecule has 5 heteroatoms. The van der Waals surface area contributed by atoms with Gasteiger partial charge in [-0.2, -0.15) is 0 Å². The lowest BCUT2D eigenvalue weighted by atomic mass is 10.0. The van der Waals surface area contributed by atoms with E-state index in [1.165, 1.54) is 0 Å². The Labute approximate surface area is 104 Å². The van der Waals surface area contributed by atoms with E-state index in [2.05, 4.69) is 5.32 Å². The molecule has 17 heavy (non-hydrogen) atoms. The lowest BCUT2D eigenvalue weighted by Crippen LogP contribution is -2.36. The number of carbonyl (C=O) groups is 1. The number of rotatable bonds is 1. The van der Waals surface area contributed by atoms with Crippen molar-refractivity contribution in [1.82, 2.24) is 5.32 Å². The van der Waals surface area contributed by atoms with E-state index in [9.17, 15) is 4.79 Å². The molecule has 2 heterocycles. The highest BCUT2D eigenvalue weighted by Crippen LogP contribution is 2.32. The molecule has 1 N–H and O–H groups in total. The molecule has 2 aliphatic rings. The summed E-state index contributed by atoms with van der Waals surface area (Å²) in [5.41, 5.74) is 0.450. The van der Waals surface area contributed by atoms with E-state index < -0.39 is 0 Å². The number of carbonyl (C=O) groups excluding carboxylic acids is 1. The molecular weight excluding hydrogens is 240 g/mol. The van der Waals surface area contributed by atoms with Gasteiger partial charge in [0.15, 0.2) is 0 Å². The molecule has 2 saturated heterocycles. The maximum absolute atomic E-state index is 11.9. The van der Waals surface area contributed by atoms with Crippen LogP contribution in [0.3, 0.4) is 0 Å². The van der Waals surface area contributed by atoms with Gasteiger partial charge in [-0.25, -0.2) is 4.79 Å². The number of hydrogen-bond donors (Lipinski definition) is 1. The van der Waals surface area contributed by atoms with Gasteiger partial charge in [0.1, 0.15) is 5.60 Å². The fraction of sp³-hybridized carbons (Fsp3) is 0.417. The summed E-state index contributed by atoms with van der Waals surface area (Å²) in [6.45, 7) is 2.23. The van der Waals surface area contributed by atoms with Crippen molar-refractivity contribution in [3.05, 3.63) is 29.3 Å². The van der Waals surface area contributed by atoms with E-state index >= 15 is 0 Å². The van der Waals surface area contributed by atoms with E-state index in [0.717, 1.165) is 25.2 Å². The molecule has 2 fully saturated rings. The summed E-state index contributed by atoms with van der Waals surface area (Å²) in [6, 6.07) is 7.28. The molecule has 4 nitrogen and oxygen atoms in total. The lowest BCUT2D eigenvalue weighted by Gasteiger charge is -2.19.